The maximum atomic E-state index is 3.68. The van der Waals surface area contributed by atoms with E-state index >= 15 is 0 Å². The average Bonchev–Trinajstić information content (AvgIpc) is 1.98. The predicted molar refractivity (Wildman–Crippen MR) is 54.6 cm³/mol. The van der Waals surface area contributed by atoms with E-state index in [1.165, 1.54) is 0 Å². The topological polar surface area (TPSA) is 0 Å². The van der Waals surface area contributed by atoms with Gasteiger partial charge in [-0.25, -0.2) is 0 Å². The van der Waals surface area contributed by atoms with Crippen molar-refractivity contribution in [3.05, 3.63) is 48.6 Å². The molecule has 0 aromatic heterocycles. The molecular weight excluding hydrogens is 132 g/mol. The molecule has 0 bridgehead atoms. The molecule has 0 spiro atoms. The van der Waals surface area contributed by atoms with Crippen LogP contribution in [-0.2, 0) is 0 Å². The van der Waals surface area contributed by atoms with Crippen molar-refractivity contribution < 1.29 is 0 Å². The molecule has 0 aliphatic rings. The Balaban J connectivity index is 0. The van der Waals surface area contributed by atoms with Crippen molar-refractivity contribution in [2.45, 2.75) is 21.3 Å². The Morgan fingerprint density at radius 1 is 1.18 bits per heavy atom. The molecule has 0 aromatic rings. The van der Waals surface area contributed by atoms with Crippen LogP contribution in [0.5, 0.6) is 0 Å². The Morgan fingerprint density at radius 3 is 2.18 bits per heavy atom. The van der Waals surface area contributed by atoms with Gasteiger partial charge in [0.2, 0.25) is 0 Å². The van der Waals surface area contributed by atoms with Crippen LogP contribution in [-0.4, -0.2) is 0 Å². The summed E-state index contributed by atoms with van der Waals surface area (Å²) < 4.78 is 0. The van der Waals surface area contributed by atoms with E-state index in [9.17, 15) is 0 Å². The predicted octanol–water partition coefficient (Wildman–Crippen LogP) is 3.89. The first-order valence-corrected chi connectivity index (χ1v) is 3.43. The van der Waals surface area contributed by atoms with Gasteiger partial charge in [0, 0.05) is 0 Å². The summed E-state index contributed by atoms with van der Waals surface area (Å²) in [7, 11) is 0. The van der Waals surface area contributed by atoms with Crippen LogP contribution < -0.4 is 0 Å². The third-order valence-electron chi connectivity index (χ3n) is 1.08. The highest BCUT2D eigenvalue weighted by Crippen LogP contribution is 1.97. The summed E-state index contributed by atoms with van der Waals surface area (Å²) in [5.41, 5.74) is 1.14. The molecule has 0 unspecified atom stereocenters. The van der Waals surface area contributed by atoms with Crippen LogP contribution in [0.15, 0.2) is 48.6 Å². The Bertz CT molecular complexity index is 168. The van der Waals surface area contributed by atoms with Gasteiger partial charge in [0.05, 0.1) is 0 Å². The molecule has 0 aliphatic carbocycles. The van der Waals surface area contributed by atoms with Crippen LogP contribution in [0.2, 0.25) is 0 Å². The van der Waals surface area contributed by atoms with Crippen molar-refractivity contribution >= 4 is 0 Å². The molecule has 0 N–H and O–H groups in total. The summed E-state index contributed by atoms with van der Waals surface area (Å²) >= 11 is 0. The van der Waals surface area contributed by atoms with Crippen molar-refractivity contribution in [1.82, 2.24) is 0 Å². The van der Waals surface area contributed by atoms with Crippen molar-refractivity contribution in [3.8, 4) is 0 Å². The Kier molecular flexibility index (Phi) is 10.3. The van der Waals surface area contributed by atoms with Crippen LogP contribution in [0.1, 0.15) is 21.3 Å². The Labute approximate surface area is 70.6 Å². The lowest BCUT2D eigenvalue weighted by Gasteiger charge is -1.86. The van der Waals surface area contributed by atoms with E-state index in [-0.39, 0.29) is 7.43 Å². The molecule has 0 rings (SSSR count). The molecule has 0 atom stereocenters. The van der Waals surface area contributed by atoms with Gasteiger partial charge in [0.15, 0.2) is 0 Å². The van der Waals surface area contributed by atoms with Crippen molar-refractivity contribution in [1.29, 1.82) is 0 Å². The Hall–Kier alpha value is -1.04. The van der Waals surface area contributed by atoms with Gasteiger partial charge in [0.1, 0.15) is 0 Å². The molecule has 0 fully saturated rings. The van der Waals surface area contributed by atoms with Crippen LogP contribution in [0.4, 0.5) is 0 Å². The smallest absolute Gasteiger partial charge is 0.0266 e. The van der Waals surface area contributed by atoms with E-state index in [1.54, 1.807) is 0 Å². The standard InChI is InChI=1S/C10H14.CH4/c1-4-7-9-10(6-3)8-5-2;/h4-9H,3H2,1-2H3;1H4/b7-4-,8-5+,10-9+;. The molecule has 0 aliphatic heterocycles. The fraction of sp³-hybridized carbons (Fsp3) is 0.273. The molecule has 62 valence electrons. The van der Waals surface area contributed by atoms with Gasteiger partial charge in [-0.2, -0.15) is 0 Å². The largest absolute Gasteiger partial charge is 0.0985 e. The van der Waals surface area contributed by atoms with Crippen LogP contribution >= 0.6 is 0 Å². The third kappa shape index (κ3) is 6.85. The minimum Gasteiger partial charge on any atom is -0.0985 e. The summed E-state index contributed by atoms with van der Waals surface area (Å²) in [6.45, 7) is 7.67. The van der Waals surface area contributed by atoms with E-state index in [1.807, 2.05) is 50.3 Å². The van der Waals surface area contributed by atoms with E-state index in [0.717, 1.165) is 5.57 Å². The summed E-state index contributed by atoms with van der Waals surface area (Å²) in [4.78, 5) is 0. The number of rotatable bonds is 3. The first-order valence-electron chi connectivity index (χ1n) is 3.43. The monoisotopic (exact) mass is 150 g/mol. The number of hydrogen-bond acceptors (Lipinski definition) is 0. The second-order valence-electron chi connectivity index (χ2n) is 1.90. The van der Waals surface area contributed by atoms with E-state index < -0.39 is 0 Å². The zero-order valence-electron chi connectivity index (χ0n) is 6.67. The summed E-state index contributed by atoms with van der Waals surface area (Å²) in [6, 6.07) is 0. The van der Waals surface area contributed by atoms with E-state index in [2.05, 4.69) is 6.58 Å². The molecule has 0 amide bonds. The zero-order valence-corrected chi connectivity index (χ0v) is 6.67. The van der Waals surface area contributed by atoms with Gasteiger partial charge in [-0.05, 0) is 19.4 Å². The van der Waals surface area contributed by atoms with Gasteiger partial charge in [0.25, 0.3) is 0 Å². The van der Waals surface area contributed by atoms with Crippen molar-refractivity contribution in [3.63, 3.8) is 0 Å². The van der Waals surface area contributed by atoms with Gasteiger partial charge in [-0.15, -0.1) is 0 Å². The fourth-order valence-corrected chi connectivity index (χ4v) is 0.591. The number of hydrogen-bond donors (Lipinski definition) is 0. The van der Waals surface area contributed by atoms with E-state index in [0.29, 0.717) is 0 Å². The second kappa shape index (κ2) is 8.96. The average molecular weight is 150 g/mol. The fourth-order valence-electron chi connectivity index (χ4n) is 0.591. The van der Waals surface area contributed by atoms with Crippen molar-refractivity contribution in [2.24, 2.45) is 0 Å². The Morgan fingerprint density at radius 2 is 1.82 bits per heavy atom. The highest BCUT2D eigenvalue weighted by atomic mass is 13.8. The highest BCUT2D eigenvalue weighted by molar-refractivity contribution is 5.32. The van der Waals surface area contributed by atoms with Gasteiger partial charge in [-0.1, -0.05) is 50.5 Å². The normalized spacial score (nSPS) is 12.0. The zero-order chi connectivity index (χ0) is 7.82. The molecule has 0 saturated carbocycles. The molecule has 0 aromatic carbocycles. The molecule has 0 radical (unpaired) electrons. The maximum Gasteiger partial charge on any atom is -0.0266 e. The lowest BCUT2D eigenvalue weighted by molar-refractivity contribution is 1.62. The third-order valence-corrected chi connectivity index (χ3v) is 1.08. The minimum absolute atomic E-state index is 0. The summed E-state index contributed by atoms with van der Waals surface area (Å²) in [5.74, 6) is 0. The van der Waals surface area contributed by atoms with Crippen LogP contribution in [0.3, 0.4) is 0 Å². The number of allylic oxidation sites excluding steroid dienone is 7. The lowest BCUT2D eigenvalue weighted by Crippen LogP contribution is -1.66. The minimum atomic E-state index is 0. The first-order chi connectivity index (χ1) is 4.85. The lowest BCUT2D eigenvalue weighted by atomic mass is 10.2. The molecule has 0 saturated heterocycles. The van der Waals surface area contributed by atoms with Crippen LogP contribution in [0, 0.1) is 0 Å². The highest BCUT2D eigenvalue weighted by Gasteiger charge is 1.77. The van der Waals surface area contributed by atoms with Crippen LogP contribution in [0.25, 0.3) is 0 Å². The summed E-state index contributed by atoms with van der Waals surface area (Å²) in [5, 5.41) is 0. The van der Waals surface area contributed by atoms with Gasteiger partial charge >= 0.3 is 0 Å². The second-order valence-corrected chi connectivity index (χ2v) is 1.90. The quantitative estimate of drug-likeness (QED) is 0.535. The first kappa shape index (κ1) is 12.6. The van der Waals surface area contributed by atoms with E-state index in [4.69, 9.17) is 0 Å². The summed E-state index contributed by atoms with van der Waals surface area (Å²) in [6.07, 6.45) is 11.9. The SMILES string of the molecule is C.C=CC(/C=C/C)=C\C=C/C. The molecule has 0 heteroatoms. The molecule has 0 heterocycles. The maximum absolute atomic E-state index is 3.68. The molecular formula is C11H18. The van der Waals surface area contributed by atoms with Gasteiger partial charge < -0.3 is 0 Å². The van der Waals surface area contributed by atoms with Gasteiger partial charge in [-0.3, -0.25) is 0 Å². The molecule has 0 nitrogen and oxygen atoms in total. The van der Waals surface area contributed by atoms with Crippen molar-refractivity contribution in [2.75, 3.05) is 0 Å². The molecule has 11 heavy (non-hydrogen) atoms.